The Balaban J connectivity index is 1.53. The molecule has 21 heavy (non-hydrogen) atoms. The van der Waals surface area contributed by atoms with Crippen LogP contribution in [0.3, 0.4) is 0 Å². The maximum atomic E-state index is 5.98. The zero-order valence-electron chi connectivity index (χ0n) is 13.9. The van der Waals surface area contributed by atoms with Gasteiger partial charge in [0.1, 0.15) is 0 Å². The van der Waals surface area contributed by atoms with Crippen LogP contribution in [0.15, 0.2) is 0 Å². The second-order valence-corrected chi connectivity index (χ2v) is 7.47. The lowest BCUT2D eigenvalue weighted by atomic mass is 9.82. The number of morpholine rings is 1. The summed E-state index contributed by atoms with van der Waals surface area (Å²) in [6.07, 6.45) is 7.59. The smallest absolute Gasteiger partial charge is 0.0829 e. The number of hydrogen-bond acceptors (Lipinski definition) is 4. The predicted octanol–water partition coefficient (Wildman–Crippen LogP) is 1.56. The van der Waals surface area contributed by atoms with E-state index in [9.17, 15) is 0 Å². The van der Waals surface area contributed by atoms with Gasteiger partial charge in [-0.15, -0.1) is 0 Å². The van der Waals surface area contributed by atoms with Crippen LogP contribution in [0, 0.1) is 5.92 Å². The molecule has 1 N–H and O–H groups in total. The molecular weight excluding hydrogens is 262 g/mol. The Morgan fingerprint density at radius 1 is 1.14 bits per heavy atom. The molecule has 122 valence electrons. The van der Waals surface area contributed by atoms with Gasteiger partial charge in [0, 0.05) is 44.8 Å². The van der Waals surface area contributed by atoms with Crippen molar-refractivity contribution in [3.05, 3.63) is 0 Å². The van der Waals surface area contributed by atoms with Crippen LogP contribution in [0.2, 0.25) is 0 Å². The number of nitrogens with one attached hydrogen (secondary N) is 1. The molecule has 0 radical (unpaired) electrons. The molecule has 1 saturated carbocycles. The molecule has 2 saturated heterocycles. The summed E-state index contributed by atoms with van der Waals surface area (Å²) >= 11 is 0. The van der Waals surface area contributed by atoms with E-state index >= 15 is 0 Å². The van der Waals surface area contributed by atoms with Gasteiger partial charge in [0.2, 0.25) is 0 Å². The monoisotopic (exact) mass is 295 g/mol. The summed E-state index contributed by atoms with van der Waals surface area (Å²) in [5.74, 6) is 0.906. The van der Waals surface area contributed by atoms with Crippen molar-refractivity contribution in [1.82, 2.24) is 15.1 Å². The normalized spacial score (nSPS) is 37.7. The highest BCUT2D eigenvalue weighted by Gasteiger charge is 2.32. The van der Waals surface area contributed by atoms with E-state index in [1.807, 2.05) is 0 Å². The zero-order valence-corrected chi connectivity index (χ0v) is 13.9. The van der Waals surface area contributed by atoms with E-state index in [0.29, 0.717) is 18.2 Å². The van der Waals surface area contributed by atoms with Crippen LogP contribution in [0.5, 0.6) is 0 Å². The summed E-state index contributed by atoms with van der Waals surface area (Å²) in [4.78, 5) is 5.08. The van der Waals surface area contributed by atoms with Crippen molar-refractivity contribution in [3.8, 4) is 0 Å². The van der Waals surface area contributed by atoms with Crippen LogP contribution in [0.1, 0.15) is 39.0 Å². The number of ether oxygens (including phenoxy) is 1. The van der Waals surface area contributed by atoms with E-state index in [-0.39, 0.29) is 0 Å². The van der Waals surface area contributed by atoms with E-state index in [1.54, 1.807) is 0 Å². The van der Waals surface area contributed by atoms with Crippen LogP contribution >= 0.6 is 0 Å². The minimum atomic E-state index is 0.399. The van der Waals surface area contributed by atoms with E-state index in [0.717, 1.165) is 38.7 Å². The first-order chi connectivity index (χ1) is 10.2. The average molecular weight is 295 g/mol. The van der Waals surface area contributed by atoms with Crippen LogP contribution in [-0.2, 0) is 4.74 Å². The molecule has 1 aliphatic carbocycles. The first kappa shape index (κ1) is 15.7. The lowest BCUT2D eigenvalue weighted by Gasteiger charge is -2.44. The summed E-state index contributed by atoms with van der Waals surface area (Å²) in [6, 6.07) is 1.35. The third-order valence-corrected chi connectivity index (χ3v) is 5.73. The molecule has 0 spiro atoms. The molecule has 4 heteroatoms. The molecule has 2 heterocycles. The molecular formula is C17H33N3O. The second kappa shape index (κ2) is 7.40. The second-order valence-electron chi connectivity index (χ2n) is 7.47. The molecule has 3 rings (SSSR count). The fraction of sp³-hybridized carbons (Fsp3) is 1.00. The van der Waals surface area contributed by atoms with Gasteiger partial charge in [0.15, 0.2) is 0 Å². The topological polar surface area (TPSA) is 27.7 Å². The van der Waals surface area contributed by atoms with Crippen LogP contribution in [0.25, 0.3) is 0 Å². The average Bonchev–Trinajstić information content (AvgIpc) is 2.50. The van der Waals surface area contributed by atoms with Crippen molar-refractivity contribution in [2.45, 2.75) is 57.2 Å². The van der Waals surface area contributed by atoms with Crippen molar-refractivity contribution in [2.24, 2.45) is 5.92 Å². The third-order valence-electron chi connectivity index (χ3n) is 5.73. The van der Waals surface area contributed by atoms with Gasteiger partial charge < -0.3 is 15.0 Å². The van der Waals surface area contributed by atoms with Crippen molar-refractivity contribution in [1.29, 1.82) is 0 Å². The molecule has 3 atom stereocenters. The van der Waals surface area contributed by atoms with E-state index in [4.69, 9.17) is 4.74 Å². The van der Waals surface area contributed by atoms with Gasteiger partial charge in [-0.3, -0.25) is 4.90 Å². The first-order valence-corrected chi connectivity index (χ1v) is 9.00. The number of likely N-dealkylation sites (N-methyl/N-ethyl adjacent to an activating group) is 1. The Kier molecular flexibility index (Phi) is 5.54. The molecule has 3 fully saturated rings. The molecule has 2 aliphatic heterocycles. The molecule has 3 unspecified atom stereocenters. The minimum absolute atomic E-state index is 0.399. The molecule has 0 amide bonds. The molecule has 4 nitrogen and oxygen atoms in total. The highest BCUT2D eigenvalue weighted by atomic mass is 16.5. The fourth-order valence-electron chi connectivity index (χ4n) is 4.29. The quantitative estimate of drug-likeness (QED) is 0.855. The van der Waals surface area contributed by atoms with Crippen LogP contribution < -0.4 is 5.32 Å². The SMILES string of the molecule is CC1CNC(C2CCCCC2)CN1CC1CN(C)CCO1. The summed E-state index contributed by atoms with van der Waals surface area (Å²) in [5, 5.41) is 3.82. The maximum absolute atomic E-state index is 5.98. The van der Waals surface area contributed by atoms with Gasteiger partial charge in [-0.05, 0) is 32.7 Å². The Hall–Kier alpha value is -0.160. The highest BCUT2D eigenvalue weighted by molar-refractivity contribution is 4.90. The van der Waals surface area contributed by atoms with Gasteiger partial charge in [0.05, 0.1) is 12.7 Å². The van der Waals surface area contributed by atoms with Gasteiger partial charge >= 0.3 is 0 Å². The molecule has 0 aromatic rings. The number of hydrogen-bond donors (Lipinski definition) is 1. The number of nitrogens with zero attached hydrogens (tertiary/aromatic N) is 2. The lowest BCUT2D eigenvalue weighted by molar-refractivity contribution is -0.0472. The lowest BCUT2D eigenvalue weighted by Crippen LogP contribution is -2.60. The van der Waals surface area contributed by atoms with Crippen LogP contribution in [0.4, 0.5) is 0 Å². The van der Waals surface area contributed by atoms with Crippen molar-refractivity contribution in [3.63, 3.8) is 0 Å². The predicted molar refractivity (Wildman–Crippen MR) is 86.6 cm³/mol. The molecule has 0 aromatic carbocycles. The fourth-order valence-corrected chi connectivity index (χ4v) is 4.29. The van der Waals surface area contributed by atoms with E-state index < -0.39 is 0 Å². The standard InChI is InChI=1S/C17H33N3O/c1-14-10-18-17(15-6-4-3-5-7-15)13-20(14)12-16-11-19(2)8-9-21-16/h14-18H,3-13H2,1-2H3. The van der Waals surface area contributed by atoms with Crippen molar-refractivity contribution < 1.29 is 4.74 Å². The number of rotatable bonds is 3. The Morgan fingerprint density at radius 3 is 2.71 bits per heavy atom. The van der Waals surface area contributed by atoms with E-state index in [1.165, 1.54) is 38.6 Å². The number of piperazine rings is 1. The summed E-state index contributed by atoms with van der Waals surface area (Å²) < 4.78 is 5.98. The Morgan fingerprint density at radius 2 is 1.95 bits per heavy atom. The Labute approximate surface area is 130 Å². The van der Waals surface area contributed by atoms with Crippen molar-refractivity contribution >= 4 is 0 Å². The molecule has 0 bridgehead atoms. The third kappa shape index (κ3) is 4.19. The van der Waals surface area contributed by atoms with Gasteiger partial charge in [-0.2, -0.15) is 0 Å². The molecule has 3 aliphatic rings. The maximum Gasteiger partial charge on any atom is 0.0829 e. The van der Waals surface area contributed by atoms with Gasteiger partial charge in [-0.25, -0.2) is 0 Å². The first-order valence-electron chi connectivity index (χ1n) is 9.00. The summed E-state index contributed by atoms with van der Waals surface area (Å²) in [5.41, 5.74) is 0. The van der Waals surface area contributed by atoms with E-state index in [2.05, 4.69) is 29.1 Å². The van der Waals surface area contributed by atoms with Crippen molar-refractivity contribution in [2.75, 3.05) is 46.4 Å². The summed E-state index contributed by atoms with van der Waals surface area (Å²) in [7, 11) is 2.21. The summed E-state index contributed by atoms with van der Waals surface area (Å²) in [6.45, 7) is 8.89. The zero-order chi connectivity index (χ0) is 14.7. The molecule has 0 aromatic heterocycles. The van der Waals surface area contributed by atoms with Gasteiger partial charge in [0.25, 0.3) is 0 Å². The minimum Gasteiger partial charge on any atom is -0.374 e. The Bertz CT molecular complexity index is 319. The largest absolute Gasteiger partial charge is 0.374 e. The van der Waals surface area contributed by atoms with Crippen LogP contribution in [-0.4, -0.2) is 74.4 Å². The highest BCUT2D eigenvalue weighted by Crippen LogP contribution is 2.28. The van der Waals surface area contributed by atoms with Gasteiger partial charge in [-0.1, -0.05) is 19.3 Å².